The van der Waals surface area contributed by atoms with Gasteiger partial charge in [0.2, 0.25) is 0 Å². The van der Waals surface area contributed by atoms with Crippen LogP contribution in [0.5, 0.6) is 0 Å². The number of nitrogens with zero attached hydrogens (tertiary/aromatic N) is 1. The Kier molecular flexibility index (Phi) is 2.40. The molecule has 3 rings (SSSR count). The third-order valence-electron chi connectivity index (χ3n) is 3.82. The minimum atomic E-state index is 0.940. The SMILES string of the molecule is CCCC1CC2CCC1N(C)C2. The van der Waals surface area contributed by atoms with E-state index in [0.29, 0.717) is 0 Å². The molecule has 1 aliphatic carbocycles. The zero-order chi connectivity index (χ0) is 8.55. The van der Waals surface area contributed by atoms with Crippen LogP contribution in [0.25, 0.3) is 0 Å². The van der Waals surface area contributed by atoms with E-state index in [1.165, 1.54) is 38.6 Å². The Hall–Kier alpha value is -0.0400. The molecule has 3 unspecified atom stereocenters. The van der Waals surface area contributed by atoms with Crippen molar-refractivity contribution in [1.29, 1.82) is 0 Å². The van der Waals surface area contributed by atoms with Crippen LogP contribution in [0.2, 0.25) is 0 Å². The lowest BCUT2D eigenvalue weighted by Gasteiger charge is -2.48. The third kappa shape index (κ3) is 1.39. The van der Waals surface area contributed by atoms with E-state index < -0.39 is 0 Å². The average molecular weight is 167 g/mol. The van der Waals surface area contributed by atoms with E-state index >= 15 is 0 Å². The fraction of sp³-hybridized carbons (Fsp3) is 1.00. The molecular weight excluding hydrogens is 146 g/mol. The average Bonchev–Trinajstić information content (AvgIpc) is 2.05. The number of hydrogen-bond donors (Lipinski definition) is 0. The maximum atomic E-state index is 2.61. The Morgan fingerprint density at radius 1 is 1.33 bits per heavy atom. The van der Waals surface area contributed by atoms with Crippen LogP contribution in [-0.2, 0) is 0 Å². The fourth-order valence-electron chi connectivity index (χ4n) is 3.32. The molecule has 0 amide bonds. The van der Waals surface area contributed by atoms with Gasteiger partial charge in [0.15, 0.2) is 0 Å². The Labute approximate surface area is 76.1 Å². The molecule has 0 spiro atoms. The minimum Gasteiger partial charge on any atom is -0.303 e. The highest BCUT2D eigenvalue weighted by atomic mass is 15.2. The molecule has 0 radical (unpaired) electrons. The predicted molar refractivity (Wildman–Crippen MR) is 52.2 cm³/mol. The summed E-state index contributed by atoms with van der Waals surface area (Å²) >= 11 is 0. The first-order valence-corrected chi connectivity index (χ1v) is 5.51. The Balaban J connectivity index is 1.99. The van der Waals surface area contributed by atoms with Crippen LogP contribution in [0, 0.1) is 11.8 Å². The van der Waals surface area contributed by atoms with Gasteiger partial charge in [0.1, 0.15) is 0 Å². The van der Waals surface area contributed by atoms with Gasteiger partial charge in [0.05, 0.1) is 0 Å². The molecular formula is C11H21N. The smallest absolute Gasteiger partial charge is 0.0121 e. The van der Waals surface area contributed by atoms with Crippen molar-refractivity contribution in [2.24, 2.45) is 11.8 Å². The van der Waals surface area contributed by atoms with Crippen LogP contribution >= 0.6 is 0 Å². The van der Waals surface area contributed by atoms with Crippen LogP contribution < -0.4 is 0 Å². The Morgan fingerprint density at radius 2 is 2.17 bits per heavy atom. The summed E-state index contributed by atoms with van der Waals surface area (Å²) in [6.07, 6.45) is 7.36. The number of piperidine rings is 2. The fourth-order valence-corrected chi connectivity index (χ4v) is 3.32. The molecule has 0 aromatic rings. The largest absolute Gasteiger partial charge is 0.303 e. The van der Waals surface area contributed by atoms with E-state index in [0.717, 1.165) is 17.9 Å². The minimum absolute atomic E-state index is 0.940. The van der Waals surface area contributed by atoms with Gasteiger partial charge in [-0.3, -0.25) is 0 Å². The Morgan fingerprint density at radius 3 is 2.75 bits per heavy atom. The quantitative estimate of drug-likeness (QED) is 0.611. The summed E-state index contributed by atoms with van der Waals surface area (Å²) in [5, 5.41) is 0. The van der Waals surface area contributed by atoms with Crippen molar-refractivity contribution in [1.82, 2.24) is 4.90 Å². The number of rotatable bonds is 2. The molecule has 1 heteroatoms. The molecule has 3 atom stereocenters. The highest BCUT2D eigenvalue weighted by molar-refractivity contribution is 4.91. The van der Waals surface area contributed by atoms with E-state index in [-0.39, 0.29) is 0 Å². The van der Waals surface area contributed by atoms with Gasteiger partial charge in [-0.25, -0.2) is 0 Å². The van der Waals surface area contributed by atoms with Gasteiger partial charge >= 0.3 is 0 Å². The predicted octanol–water partition coefficient (Wildman–Crippen LogP) is 2.52. The van der Waals surface area contributed by atoms with Gasteiger partial charge in [-0.15, -0.1) is 0 Å². The summed E-state index contributed by atoms with van der Waals surface area (Å²) in [6, 6.07) is 0.940. The van der Waals surface area contributed by atoms with Crippen molar-refractivity contribution in [3.05, 3.63) is 0 Å². The summed E-state index contributed by atoms with van der Waals surface area (Å²) in [5.74, 6) is 2.07. The number of fused-ring (bicyclic) bond motifs is 3. The van der Waals surface area contributed by atoms with E-state index in [9.17, 15) is 0 Å². The van der Waals surface area contributed by atoms with Crippen LogP contribution in [0.1, 0.15) is 39.0 Å². The van der Waals surface area contributed by atoms with Gasteiger partial charge in [-0.05, 0) is 44.6 Å². The van der Waals surface area contributed by atoms with E-state index in [1.54, 1.807) is 0 Å². The standard InChI is InChI=1S/C11H21N/c1-3-4-10-7-9-5-6-11(10)12(2)8-9/h9-11H,3-8H2,1-2H3. The summed E-state index contributed by atoms with van der Waals surface area (Å²) < 4.78 is 0. The first-order chi connectivity index (χ1) is 5.81. The molecule has 70 valence electrons. The molecule has 2 bridgehead atoms. The van der Waals surface area contributed by atoms with Gasteiger partial charge in [0.25, 0.3) is 0 Å². The molecule has 3 aliphatic rings. The van der Waals surface area contributed by atoms with Crippen molar-refractivity contribution < 1.29 is 0 Å². The lowest BCUT2D eigenvalue weighted by molar-refractivity contribution is 0.0163. The second-order valence-corrected chi connectivity index (χ2v) is 4.73. The zero-order valence-electron chi connectivity index (χ0n) is 8.42. The molecule has 2 saturated heterocycles. The highest BCUT2D eigenvalue weighted by Crippen LogP contribution is 2.39. The van der Waals surface area contributed by atoms with Crippen molar-refractivity contribution in [3.63, 3.8) is 0 Å². The molecule has 3 fully saturated rings. The molecule has 0 aromatic carbocycles. The van der Waals surface area contributed by atoms with Gasteiger partial charge in [-0.1, -0.05) is 13.3 Å². The maximum absolute atomic E-state index is 2.61. The zero-order valence-corrected chi connectivity index (χ0v) is 8.42. The third-order valence-corrected chi connectivity index (χ3v) is 3.82. The Bertz CT molecular complexity index is 155. The summed E-state index contributed by atoms with van der Waals surface area (Å²) in [7, 11) is 2.32. The maximum Gasteiger partial charge on any atom is 0.0121 e. The summed E-state index contributed by atoms with van der Waals surface area (Å²) in [5.41, 5.74) is 0. The van der Waals surface area contributed by atoms with Crippen LogP contribution in [-0.4, -0.2) is 24.5 Å². The second-order valence-electron chi connectivity index (χ2n) is 4.73. The van der Waals surface area contributed by atoms with Crippen molar-refractivity contribution in [2.75, 3.05) is 13.6 Å². The number of hydrogen-bond acceptors (Lipinski definition) is 1. The first kappa shape index (κ1) is 8.55. The molecule has 12 heavy (non-hydrogen) atoms. The topological polar surface area (TPSA) is 3.24 Å². The van der Waals surface area contributed by atoms with Crippen LogP contribution in [0.4, 0.5) is 0 Å². The first-order valence-electron chi connectivity index (χ1n) is 5.51. The molecule has 2 heterocycles. The van der Waals surface area contributed by atoms with Gasteiger partial charge < -0.3 is 4.90 Å². The monoisotopic (exact) mass is 167 g/mol. The van der Waals surface area contributed by atoms with Crippen LogP contribution in [0.3, 0.4) is 0 Å². The van der Waals surface area contributed by atoms with Gasteiger partial charge in [-0.2, -0.15) is 0 Å². The lowest BCUT2D eigenvalue weighted by atomic mass is 9.71. The van der Waals surface area contributed by atoms with E-state index in [4.69, 9.17) is 0 Å². The van der Waals surface area contributed by atoms with Crippen molar-refractivity contribution >= 4 is 0 Å². The van der Waals surface area contributed by atoms with Crippen LogP contribution in [0.15, 0.2) is 0 Å². The lowest BCUT2D eigenvalue weighted by Crippen LogP contribution is -2.50. The molecule has 0 aromatic heterocycles. The van der Waals surface area contributed by atoms with Crippen molar-refractivity contribution in [2.45, 2.75) is 45.1 Å². The van der Waals surface area contributed by atoms with Gasteiger partial charge in [0, 0.05) is 12.6 Å². The second kappa shape index (κ2) is 3.37. The van der Waals surface area contributed by atoms with E-state index in [1.807, 2.05) is 0 Å². The normalized spacial score (nSPS) is 42.0. The molecule has 1 nitrogen and oxygen atoms in total. The van der Waals surface area contributed by atoms with E-state index in [2.05, 4.69) is 18.9 Å². The van der Waals surface area contributed by atoms with Crippen molar-refractivity contribution in [3.8, 4) is 0 Å². The molecule has 0 N–H and O–H groups in total. The highest BCUT2D eigenvalue weighted by Gasteiger charge is 2.37. The molecule has 1 saturated carbocycles. The molecule has 2 aliphatic heterocycles. The summed E-state index contributed by atoms with van der Waals surface area (Å²) in [6.45, 7) is 3.70. The summed E-state index contributed by atoms with van der Waals surface area (Å²) in [4.78, 5) is 2.61.